The zero-order valence-corrected chi connectivity index (χ0v) is 25.5. The fourth-order valence-corrected chi connectivity index (χ4v) is 5.92. The average Bonchev–Trinajstić information content (AvgIpc) is 2.79. The minimum Gasteiger partial charge on any atom is -0.497 e. The molecular weight excluding hydrogens is 468 g/mol. The Labute approximate surface area is 221 Å². The lowest BCUT2D eigenvalue weighted by atomic mass is 9.81. The fourth-order valence-electron chi connectivity index (χ4n) is 4.69. The first-order valence-corrected chi connectivity index (χ1v) is 16.2. The van der Waals surface area contributed by atoms with E-state index >= 15 is 0 Å². The van der Waals surface area contributed by atoms with Gasteiger partial charge in [0, 0.05) is 11.8 Å². The van der Waals surface area contributed by atoms with Gasteiger partial charge in [-0.1, -0.05) is 59.6 Å². The molecule has 36 heavy (non-hydrogen) atoms. The molecule has 0 aromatic heterocycles. The molecular formula is C30H50O5Si. The van der Waals surface area contributed by atoms with Crippen LogP contribution in [0.4, 0.5) is 0 Å². The molecule has 0 radical (unpaired) electrons. The monoisotopic (exact) mass is 518 g/mol. The van der Waals surface area contributed by atoms with Crippen LogP contribution in [0.3, 0.4) is 0 Å². The number of hydrogen-bond donors (Lipinski definition) is 0. The van der Waals surface area contributed by atoms with Crippen molar-refractivity contribution in [2.75, 3.05) is 13.7 Å². The van der Waals surface area contributed by atoms with Crippen molar-refractivity contribution in [3.63, 3.8) is 0 Å². The quantitative estimate of drug-likeness (QED) is 0.232. The molecule has 0 spiro atoms. The molecule has 0 amide bonds. The van der Waals surface area contributed by atoms with Gasteiger partial charge < -0.3 is 23.4 Å². The number of benzene rings is 1. The molecule has 204 valence electrons. The topological polar surface area (TPSA) is 46.2 Å². The maximum Gasteiger partial charge on any atom is 0.193 e. The minimum atomic E-state index is -1.96. The van der Waals surface area contributed by atoms with Gasteiger partial charge in [-0.25, -0.2) is 0 Å². The summed E-state index contributed by atoms with van der Waals surface area (Å²) in [7, 11) is -0.289. The van der Waals surface area contributed by atoms with Crippen LogP contribution in [0.5, 0.6) is 5.75 Å². The van der Waals surface area contributed by atoms with Gasteiger partial charge in [-0.15, -0.1) is 6.42 Å². The Morgan fingerprint density at radius 2 is 1.61 bits per heavy atom. The molecule has 1 aliphatic heterocycles. The van der Waals surface area contributed by atoms with Crippen LogP contribution in [0.25, 0.3) is 0 Å². The van der Waals surface area contributed by atoms with Crippen molar-refractivity contribution in [3.8, 4) is 18.1 Å². The predicted molar refractivity (Wildman–Crippen MR) is 149 cm³/mol. The van der Waals surface area contributed by atoms with Crippen molar-refractivity contribution in [2.45, 2.75) is 111 Å². The van der Waals surface area contributed by atoms with Gasteiger partial charge in [-0.3, -0.25) is 0 Å². The van der Waals surface area contributed by atoms with Crippen molar-refractivity contribution in [2.24, 2.45) is 17.8 Å². The normalized spacial score (nSPS) is 25.0. The summed E-state index contributed by atoms with van der Waals surface area (Å²) < 4.78 is 30.8. The van der Waals surface area contributed by atoms with Crippen molar-refractivity contribution < 1.29 is 23.4 Å². The van der Waals surface area contributed by atoms with Gasteiger partial charge >= 0.3 is 0 Å². The van der Waals surface area contributed by atoms with Gasteiger partial charge in [-0.05, 0) is 62.0 Å². The molecule has 1 heterocycles. The van der Waals surface area contributed by atoms with E-state index in [1.165, 1.54) is 0 Å². The minimum absolute atomic E-state index is 0.0154. The molecule has 0 aliphatic carbocycles. The number of rotatable bonds is 11. The Kier molecular flexibility index (Phi) is 10.7. The first-order valence-electron chi connectivity index (χ1n) is 13.3. The highest BCUT2D eigenvalue weighted by Gasteiger charge is 2.46. The highest BCUT2D eigenvalue weighted by Crippen LogP contribution is 2.41. The van der Waals surface area contributed by atoms with Crippen molar-refractivity contribution in [3.05, 3.63) is 29.8 Å². The van der Waals surface area contributed by atoms with Crippen molar-refractivity contribution >= 4 is 8.32 Å². The second kappa shape index (κ2) is 12.5. The standard InChI is InChI=1S/C30H50O5Si/c1-13-25(35-36(11,12)29(5,6)7)18-21(2)27-23(4)28(34-30(8,9)33-27)22(3)19-32-20-24-14-16-26(31-10)17-15-24/h1,14-17,21-23,25,27-28H,18-20H2,2-12H3/t21-,22-,23+,25+,27-,28-/m0/s1. The van der Waals surface area contributed by atoms with Crippen LogP contribution in [-0.4, -0.2) is 46.1 Å². The number of methoxy groups -OCH3 is 1. The van der Waals surface area contributed by atoms with Crippen molar-refractivity contribution in [1.82, 2.24) is 0 Å². The van der Waals surface area contributed by atoms with E-state index in [4.69, 9.17) is 29.8 Å². The third-order valence-corrected chi connectivity index (χ3v) is 12.3. The van der Waals surface area contributed by atoms with Gasteiger partial charge in [0.2, 0.25) is 0 Å². The van der Waals surface area contributed by atoms with E-state index in [1.807, 2.05) is 38.1 Å². The summed E-state index contributed by atoms with van der Waals surface area (Å²) in [4.78, 5) is 0. The van der Waals surface area contributed by atoms with Crippen LogP contribution in [0.15, 0.2) is 24.3 Å². The highest BCUT2D eigenvalue weighted by atomic mass is 28.4. The van der Waals surface area contributed by atoms with Gasteiger partial charge in [0.1, 0.15) is 11.9 Å². The number of ether oxygens (including phenoxy) is 4. The van der Waals surface area contributed by atoms with Crippen LogP contribution < -0.4 is 4.74 Å². The molecule has 1 saturated heterocycles. The average molecular weight is 519 g/mol. The molecule has 6 heteroatoms. The lowest BCUT2D eigenvalue weighted by Gasteiger charge is -2.49. The predicted octanol–water partition coefficient (Wildman–Crippen LogP) is 7.05. The molecule has 1 aromatic carbocycles. The van der Waals surface area contributed by atoms with E-state index in [9.17, 15) is 0 Å². The highest BCUT2D eigenvalue weighted by molar-refractivity contribution is 6.74. The van der Waals surface area contributed by atoms with Crippen LogP contribution in [0.2, 0.25) is 18.1 Å². The SMILES string of the molecule is C#C[C@H](C[C@H](C)[C@@H]1OC(C)(C)O[C@@H]([C@@H](C)COCc2ccc(OC)cc2)[C@@H]1C)O[Si](C)(C)C(C)(C)C. The Morgan fingerprint density at radius 1 is 1.06 bits per heavy atom. The summed E-state index contributed by atoms with van der Waals surface area (Å²) in [5.74, 6) is 3.72. The fraction of sp³-hybridized carbons (Fsp3) is 0.733. The Balaban J connectivity index is 2.02. The smallest absolute Gasteiger partial charge is 0.193 e. The first kappa shape index (κ1) is 30.9. The number of terminal acetylenes is 1. The summed E-state index contributed by atoms with van der Waals surface area (Å²) in [6, 6.07) is 7.98. The van der Waals surface area contributed by atoms with Crippen LogP contribution in [-0.2, 0) is 25.2 Å². The maximum atomic E-state index is 6.57. The van der Waals surface area contributed by atoms with Gasteiger partial charge in [0.25, 0.3) is 0 Å². The zero-order chi connectivity index (χ0) is 27.3. The van der Waals surface area contributed by atoms with E-state index in [2.05, 4.69) is 60.6 Å². The molecule has 1 aliphatic rings. The van der Waals surface area contributed by atoms with E-state index in [0.717, 1.165) is 17.7 Å². The number of hydrogen-bond acceptors (Lipinski definition) is 5. The third kappa shape index (κ3) is 8.33. The van der Waals surface area contributed by atoms with E-state index in [1.54, 1.807) is 7.11 Å². The summed E-state index contributed by atoms with van der Waals surface area (Å²) in [6.07, 6.45) is 6.52. The molecule has 2 rings (SSSR count). The lowest BCUT2D eigenvalue weighted by Crippen LogP contribution is -2.55. The van der Waals surface area contributed by atoms with Crippen LogP contribution in [0.1, 0.15) is 67.4 Å². The molecule has 0 bridgehead atoms. The Bertz CT molecular complexity index is 852. The van der Waals surface area contributed by atoms with E-state index in [-0.39, 0.29) is 41.1 Å². The van der Waals surface area contributed by atoms with E-state index < -0.39 is 14.1 Å². The second-order valence-corrected chi connectivity index (χ2v) is 17.3. The summed E-state index contributed by atoms with van der Waals surface area (Å²) in [6.45, 7) is 23.0. The Hall–Kier alpha value is -1.36. The molecule has 1 fully saturated rings. The van der Waals surface area contributed by atoms with Crippen LogP contribution >= 0.6 is 0 Å². The molecule has 6 atom stereocenters. The maximum absolute atomic E-state index is 6.57. The lowest BCUT2D eigenvalue weighted by molar-refractivity contribution is -0.336. The first-order chi connectivity index (χ1) is 16.6. The second-order valence-electron chi connectivity index (χ2n) is 12.5. The van der Waals surface area contributed by atoms with Crippen molar-refractivity contribution in [1.29, 1.82) is 0 Å². The molecule has 0 N–H and O–H groups in total. The summed E-state index contributed by atoms with van der Waals surface area (Å²) in [5.41, 5.74) is 1.12. The largest absolute Gasteiger partial charge is 0.497 e. The molecule has 1 aromatic rings. The molecule has 0 saturated carbocycles. The zero-order valence-electron chi connectivity index (χ0n) is 24.5. The van der Waals surface area contributed by atoms with Gasteiger partial charge in [0.05, 0.1) is 32.5 Å². The van der Waals surface area contributed by atoms with Gasteiger partial charge in [0.15, 0.2) is 14.1 Å². The summed E-state index contributed by atoms with van der Waals surface area (Å²) in [5, 5.41) is 0.113. The third-order valence-electron chi connectivity index (χ3n) is 7.82. The van der Waals surface area contributed by atoms with Crippen LogP contribution in [0, 0.1) is 30.1 Å². The molecule has 0 unspecified atom stereocenters. The Morgan fingerprint density at radius 3 is 2.11 bits per heavy atom. The summed E-state index contributed by atoms with van der Waals surface area (Å²) >= 11 is 0. The molecule has 5 nitrogen and oxygen atoms in total. The van der Waals surface area contributed by atoms with E-state index in [0.29, 0.717) is 13.2 Å². The van der Waals surface area contributed by atoms with Gasteiger partial charge in [-0.2, -0.15) is 0 Å².